The average Bonchev–Trinajstić information content (AvgIpc) is 2.85. The zero-order chi connectivity index (χ0) is 24.3. The summed E-state index contributed by atoms with van der Waals surface area (Å²) in [6.07, 6.45) is 11.4. The minimum Gasteiger partial charge on any atom is -0.351 e. The predicted molar refractivity (Wildman–Crippen MR) is 131 cm³/mol. The third kappa shape index (κ3) is 7.81. The first kappa shape index (κ1) is 26.2. The van der Waals surface area contributed by atoms with Crippen molar-refractivity contribution in [2.45, 2.75) is 96.1 Å². The monoisotopic (exact) mass is 473 g/mol. The minimum absolute atomic E-state index is 0.0200. The van der Waals surface area contributed by atoms with Crippen LogP contribution in [0.4, 0.5) is 4.39 Å². The SMILES string of the molecule is CCCCCCCC(=O)N1CCC[C@H](C(=O)N[C@@H]2CCCC[C@H]2NC(=O)c2ccc(F)cc2)C1. The molecule has 0 spiro atoms. The summed E-state index contributed by atoms with van der Waals surface area (Å²) in [6.45, 7) is 3.40. The van der Waals surface area contributed by atoms with Gasteiger partial charge in [0.25, 0.3) is 5.91 Å². The maximum absolute atomic E-state index is 13.2. The number of carbonyl (C=O) groups is 3. The van der Waals surface area contributed by atoms with E-state index in [1.807, 2.05) is 4.90 Å². The van der Waals surface area contributed by atoms with Crippen LogP contribution in [0.15, 0.2) is 24.3 Å². The molecule has 1 aliphatic heterocycles. The van der Waals surface area contributed by atoms with Crippen LogP contribution in [-0.2, 0) is 9.59 Å². The lowest BCUT2D eigenvalue weighted by molar-refractivity contribution is -0.136. The normalized spacial score (nSPS) is 22.8. The second kappa shape index (κ2) is 13.4. The van der Waals surface area contributed by atoms with Gasteiger partial charge in [-0.25, -0.2) is 4.39 Å². The van der Waals surface area contributed by atoms with Crippen molar-refractivity contribution in [2.24, 2.45) is 5.92 Å². The van der Waals surface area contributed by atoms with Gasteiger partial charge in [-0.3, -0.25) is 14.4 Å². The van der Waals surface area contributed by atoms with Gasteiger partial charge in [0.05, 0.1) is 5.92 Å². The van der Waals surface area contributed by atoms with Crippen LogP contribution in [-0.4, -0.2) is 47.8 Å². The lowest BCUT2D eigenvalue weighted by Crippen LogP contribution is -2.55. The van der Waals surface area contributed by atoms with Gasteiger partial charge < -0.3 is 15.5 Å². The number of nitrogens with one attached hydrogen (secondary N) is 2. The lowest BCUT2D eigenvalue weighted by Gasteiger charge is -2.36. The summed E-state index contributed by atoms with van der Waals surface area (Å²) in [7, 11) is 0. The molecular weight excluding hydrogens is 433 g/mol. The Hall–Kier alpha value is -2.44. The number of piperidine rings is 1. The highest BCUT2D eigenvalue weighted by molar-refractivity contribution is 5.94. The van der Waals surface area contributed by atoms with Gasteiger partial charge in [-0.05, 0) is 56.4 Å². The molecule has 0 radical (unpaired) electrons. The van der Waals surface area contributed by atoms with Crippen molar-refractivity contribution in [3.63, 3.8) is 0 Å². The third-order valence-electron chi connectivity index (χ3n) is 7.16. The summed E-state index contributed by atoms with van der Waals surface area (Å²) < 4.78 is 13.2. The summed E-state index contributed by atoms with van der Waals surface area (Å²) in [5, 5.41) is 6.22. The number of unbranched alkanes of at least 4 members (excludes halogenated alkanes) is 4. The summed E-state index contributed by atoms with van der Waals surface area (Å²) in [5.41, 5.74) is 0.410. The van der Waals surface area contributed by atoms with E-state index in [-0.39, 0.29) is 41.5 Å². The molecule has 2 fully saturated rings. The summed E-state index contributed by atoms with van der Waals surface area (Å²) in [6, 6.07) is 5.21. The van der Waals surface area contributed by atoms with E-state index in [0.717, 1.165) is 57.9 Å². The molecule has 0 unspecified atom stereocenters. The maximum atomic E-state index is 13.2. The molecule has 34 heavy (non-hydrogen) atoms. The molecule has 7 heteroatoms. The number of halogens is 1. The number of amides is 3. The van der Waals surface area contributed by atoms with Crippen molar-refractivity contribution in [1.82, 2.24) is 15.5 Å². The zero-order valence-corrected chi connectivity index (χ0v) is 20.5. The summed E-state index contributed by atoms with van der Waals surface area (Å²) in [5.74, 6) is -0.687. The van der Waals surface area contributed by atoms with Crippen molar-refractivity contribution in [1.29, 1.82) is 0 Å². The van der Waals surface area contributed by atoms with Crippen LogP contribution in [0, 0.1) is 11.7 Å². The first-order valence-corrected chi connectivity index (χ1v) is 13.1. The van der Waals surface area contributed by atoms with Crippen molar-refractivity contribution >= 4 is 17.7 Å². The molecule has 0 aromatic heterocycles. The van der Waals surface area contributed by atoms with E-state index in [1.165, 1.54) is 43.5 Å². The van der Waals surface area contributed by atoms with Gasteiger partial charge in [-0.1, -0.05) is 45.4 Å². The maximum Gasteiger partial charge on any atom is 0.251 e. The molecule has 1 saturated heterocycles. The standard InChI is InChI=1S/C27H40FN3O3/c1-2-3-4-5-6-13-25(32)31-18-9-10-21(19-31)27(34)30-24-12-8-7-11-23(24)29-26(33)20-14-16-22(28)17-15-20/h14-17,21,23-24H,2-13,18-19H2,1H3,(H,29,33)(H,30,34)/t21-,23+,24+/m0/s1. The Balaban J connectivity index is 1.49. The van der Waals surface area contributed by atoms with Crippen LogP contribution >= 0.6 is 0 Å². The first-order valence-electron chi connectivity index (χ1n) is 13.1. The van der Waals surface area contributed by atoms with E-state index in [4.69, 9.17) is 0 Å². The van der Waals surface area contributed by atoms with Crippen LogP contribution in [0.2, 0.25) is 0 Å². The Bertz CT molecular complexity index is 814. The number of likely N-dealkylation sites (tertiary alicyclic amines) is 1. The van der Waals surface area contributed by atoms with Crippen LogP contribution in [0.5, 0.6) is 0 Å². The van der Waals surface area contributed by atoms with Crippen LogP contribution in [0.3, 0.4) is 0 Å². The highest BCUT2D eigenvalue weighted by atomic mass is 19.1. The smallest absolute Gasteiger partial charge is 0.251 e. The van der Waals surface area contributed by atoms with E-state index in [0.29, 0.717) is 18.5 Å². The highest BCUT2D eigenvalue weighted by Gasteiger charge is 2.33. The van der Waals surface area contributed by atoms with Gasteiger partial charge in [0.15, 0.2) is 0 Å². The summed E-state index contributed by atoms with van der Waals surface area (Å²) in [4.78, 5) is 40.2. The lowest BCUT2D eigenvalue weighted by atomic mass is 9.88. The second-order valence-electron chi connectivity index (χ2n) is 9.83. The highest BCUT2D eigenvalue weighted by Crippen LogP contribution is 2.22. The first-order chi connectivity index (χ1) is 16.5. The molecule has 1 aromatic rings. The fraction of sp³-hybridized carbons (Fsp3) is 0.667. The average molecular weight is 474 g/mol. The van der Waals surface area contributed by atoms with E-state index in [1.54, 1.807) is 0 Å². The zero-order valence-electron chi connectivity index (χ0n) is 20.5. The van der Waals surface area contributed by atoms with E-state index >= 15 is 0 Å². The van der Waals surface area contributed by atoms with Crippen molar-refractivity contribution in [3.05, 3.63) is 35.6 Å². The third-order valence-corrected chi connectivity index (χ3v) is 7.16. The van der Waals surface area contributed by atoms with Gasteiger partial charge in [-0.2, -0.15) is 0 Å². The number of hydrogen-bond donors (Lipinski definition) is 2. The number of carbonyl (C=O) groups excluding carboxylic acids is 3. The van der Waals surface area contributed by atoms with Gasteiger partial charge in [0.1, 0.15) is 5.82 Å². The molecule has 3 atom stereocenters. The number of nitrogens with zero attached hydrogens (tertiary/aromatic N) is 1. The van der Waals surface area contributed by atoms with Crippen molar-refractivity contribution in [3.8, 4) is 0 Å². The Morgan fingerprint density at radius 3 is 2.29 bits per heavy atom. The predicted octanol–water partition coefficient (Wildman–Crippen LogP) is 4.58. The molecule has 3 amide bonds. The van der Waals surface area contributed by atoms with E-state index in [9.17, 15) is 18.8 Å². The number of hydrogen-bond acceptors (Lipinski definition) is 3. The van der Waals surface area contributed by atoms with E-state index < -0.39 is 0 Å². The second-order valence-corrected chi connectivity index (χ2v) is 9.83. The van der Waals surface area contributed by atoms with Crippen molar-refractivity contribution in [2.75, 3.05) is 13.1 Å². The minimum atomic E-state index is -0.379. The molecular formula is C27H40FN3O3. The van der Waals surface area contributed by atoms with Crippen LogP contribution < -0.4 is 10.6 Å². The van der Waals surface area contributed by atoms with Crippen molar-refractivity contribution < 1.29 is 18.8 Å². The molecule has 188 valence electrons. The van der Waals surface area contributed by atoms with Gasteiger partial charge in [0.2, 0.25) is 11.8 Å². The fourth-order valence-electron chi connectivity index (χ4n) is 5.09. The molecule has 1 aliphatic carbocycles. The Morgan fingerprint density at radius 2 is 1.59 bits per heavy atom. The molecule has 2 N–H and O–H groups in total. The number of rotatable bonds is 10. The van der Waals surface area contributed by atoms with Gasteiger partial charge in [-0.15, -0.1) is 0 Å². The quantitative estimate of drug-likeness (QED) is 0.488. The van der Waals surface area contributed by atoms with Gasteiger partial charge >= 0.3 is 0 Å². The molecule has 0 bridgehead atoms. The molecule has 2 aliphatic rings. The van der Waals surface area contributed by atoms with Gasteiger partial charge in [0, 0.05) is 37.2 Å². The number of benzene rings is 1. The van der Waals surface area contributed by atoms with E-state index in [2.05, 4.69) is 17.6 Å². The largest absolute Gasteiger partial charge is 0.351 e. The molecule has 3 rings (SSSR count). The van der Waals surface area contributed by atoms with Crippen LogP contribution in [0.1, 0.15) is 94.3 Å². The fourth-order valence-corrected chi connectivity index (χ4v) is 5.09. The molecule has 6 nitrogen and oxygen atoms in total. The Kier molecular flexibility index (Phi) is 10.4. The molecule has 1 heterocycles. The topological polar surface area (TPSA) is 78.5 Å². The Labute approximate surface area is 203 Å². The molecule has 1 aromatic carbocycles. The summed E-state index contributed by atoms with van der Waals surface area (Å²) >= 11 is 0. The Morgan fingerprint density at radius 1 is 0.912 bits per heavy atom. The molecule has 1 saturated carbocycles. The van der Waals surface area contributed by atoms with Crippen LogP contribution in [0.25, 0.3) is 0 Å².